The van der Waals surface area contributed by atoms with Crippen molar-refractivity contribution in [2.75, 3.05) is 19.8 Å². The van der Waals surface area contributed by atoms with Crippen LogP contribution >= 0.6 is 24.2 Å². The number of halogens is 1. The molecular formula is C18H35ClN2O6S. The molecule has 8 nitrogen and oxygen atoms in total. The maximum Gasteiger partial charge on any atom is 0.237 e. The van der Waals surface area contributed by atoms with Crippen LogP contribution in [0.5, 0.6) is 0 Å². The average molecular weight is 443 g/mol. The lowest BCUT2D eigenvalue weighted by molar-refractivity contribution is -0.211. The number of aliphatic hydroxyl groups excluding tert-OH is 4. The van der Waals surface area contributed by atoms with Gasteiger partial charge in [0.2, 0.25) is 5.91 Å². The smallest absolute Gasteiger partial charge is 0.237 e. The van der Waals surface area contributed by atoms with Crippen molar-refractivity contribution >= 4 is 30.1 Å². The van der Waals surface area contributed by atoms with Crippen LogP contribution in [-0.4, -0.2) is 99.1 Å². The number of aliphatic hydroxyl groups is 4. The number of nitrogens with zero attached hydrogens (tertiary/aromatic N) is 1. The molecule has 5 N–H and O–H groups in total. The fourth-order valence-corrected chi connectivity index (χ4v) is 4.81. The topological polar surface area (TPSA) is 122 Å². The number of likely N-dealkylation sites (N-methyl/N-ethyl adjacent to an activating group) is 1. The van der Waals surface area contributed by atoms with Gasteiger partial charge in [-0.2, -0.15) is 0 Å². The first-order valence-corrected chi connectivity index (χ1v) is 10.9. The van der Waals surface area contributed by atoms with Crippen LogP contribution in [0.4, 0.5) is 0 Å². The maximum atomic E-state index is 12.8. The molecule has 0 aromatic rings. The monoisotopic (exact) mass is 442 g/mol. The van der Waals surface area contributed by atoms with Gasteiger partial charge in [0.15, 0.2) is 0 Å². The van der Waals surface area contributed by atoms with E-state index in [0.29, 0.717) is 5.92 Å². The van der Waals surface area contributed by atoms with E-state index in [2.05, 4.69) is 12.2 Å². The van der Waals surface area contributed by atoms with Crippen molar-refractivity contribution in [3.63, 3.8) is 0 Å². The summed E-state index contributed by atoms with van der Waals surface area (Å²) in [6.45, 7) is 4.48. The Morgan fingerprint density at radius 3 is 2.46 bits per heavy atom. The summed E-state index contributed by atoms with van der Waals surface area (Å²) in [7, 11) is 1.91. The Balaban J connectivity index is 0.00000392. The predicted octanol–water partition coefficient (Wildman–Crippen LogP) is -0.435. The maximum absolute atomic E-state index is 12.8. The highest BCUT2D eigenvalue weighted by molar-refractivity contribution is 7.99. The predicted molar refractivity (Wildman–Crippen MR) is 110 cm³/mol. The second-order valence-corrected chi connectivity index (χ2v) is 8.73. The molecule has 2 aliphatic heterocycles. The van der Waals surface area contributed by atoms with Crippen LogP contribution in [0, 0.1) is 5.92 Å². The summed E-state index contributed by atoms with van der Waals surface area (Å²) in [5.41, 5.74) is -0.755. The number of rotatable bonds is 7. The molecule has 0 saturated carbocycles. The van der Waals surface area contributed by atoms with Crippen LogP contribution in [0.3, 0.4) is 0 Å². The standard InChI is InChI=1S/C18H34N2O6S.ClH/c1-5-6-10-7-11(20(3)8-10)17(25)19-12(9(2)21)16-14(23)13(22)15(24)18(26-16)27-4;/h9-16,18,21-24H,5-8H2,1-4H3,(H,19,25);1H/t9?,10?,11-,12?,13-,14-,15?,16?,18-;/m1./s1. The highest BCUT2D eigenvalue weighted by Crippen LogP contribution is 2.30. The first-order chi connectivity index (χ1) is 12.7. The van der Waals surface area contributed by atoms with Crippen molar-refractivity contribution < 1.29 is 30.0 Å². The molecule has 0 aliphatic carbocycles. The zero-order valence-electron chi connectivity index (χ0n) is 16.9. The number of likely N-dealkylation sites (tertiary alicyclic amines) is 1. The fourth-order valence-electron chi connectivity index (χ4n) is 4.13. The molecule has 10 heteroatoms. The van der Waals surface area contributed by atoms with E-state index < -0.39 is 42.0 Å². The summed E-state index contributed by atoms with van der Waals surface area (Å²) >= 11 is 1.20. The number of carbonyl (C=O) groups excluding carboxylic acids is 1. The van der Waals surface area contributed by atoms with Gasteiger partial charge in [0.25, 0.3) is 0 Å². The van der Waals surface area contributed by atoms with Gasteiger partial charge in [0.1, 0.15) is 29.9 Å². The first kappa shape index (κ1) is 25.9. The number of nitrogens with one attached hydrogen (secondary N) is 1. The Labute approximate surface area is 177 Å². The van der Waals surface area contributed by atoms with Gasteiger partial charge in [-0.25, -0.2) is 0 Å². The van der Waals surface area contributed by atoms with E-state index in [1.807, 2.05) is 11.9 Å². The molecule has 2 fully saturated rings. The zero-order valence-corrected chi connectivity index (χ0v) is 18.5. The Morgan fingerprint density at radius 1 is 1.29 bits per heavy atom. The van der Waals surface area contributed by atoms with Gasteiger partial charge in [-0.05, 0) is 39.0 Å². The number of ether oxygens (including phenoxy) is 1. The molecule has 9 atom stereocenters. The number of carbonyl (C=O) groups is 1. The van der Waals surface area contributed by atoms with Crippen LogP contribution in [0.1, 0.15) is 33.1 Å². The van der Waals surface area contributed by atoms with Crippen LogP contribution in [0.15, 0.2) is 0 Å². The number of thioether (sulfide) groups is 1. The van der Waals surface area contributed by atoms with Gasteiger partial charge in [0, 0.05) is 6.54 Å². The molecule has 28 heavy (non-hydrogen) atoms. The molecule has 166 valence electrons. The summed E-state index contributed by atoms with van der Waals surface area (Å²) in [4.78, 5) is 14.9. The minimum absolute atomic E-state index is 0. The van der Waals surface area contributed by atoms with Crippen LogP contribution < -0.4 is 5.32 Å². The van der Waals surface area contributed by atoms with E-state index in [4.69, 9.17) is 4.74 Å². The van der Waals surface area contributed by atoms with E-state index in [0.717, 1.165) is 25.8 Å². The lowest BCUT2D eigenvalue weighted by Gasteiger charge is -2.44. The lowest BCUT2D eigenvalue weighted by Crippen LogP contribution is -2.65. The van der Waals surface area contributed by atoms with Gasteiger partial charge in [-0.3, -0.25) is 9.69 Å². The van der Waals surface area contributed by atoms with Gasteiger partial charge in [-0.15, -0.1) is 24.2 Å². The minimum atomic E-state index is -1.42. The number of amides is 1. The molecule has 2 saturated heterocycles. The van der Waals surface area contributed by atoms with Crippen molar-refractivity contribution in [3.05, 3.63) is 0 Å². The van der Waals surface area contributed by atoms with Crippen molar-refractivity contribution in [1.82, 2.24) is 10.2 Å². The summed E-state index contributed by atoms with van der Waals surface area (Å²) in [6.07, 6.45) is -1.50. The average Bonchev–Trinajstić information content (AvgIpc) is 2.99. The van der Waals surface area contributed by atoms with Crippen molar-refractivity contribution in [1.29, 1.82) is 0 Å². The summed E-state index contributed by atoms with van der Waals surface area (Å²) in [5, 5.41) is 43.5. The Morgan fingerprint density at radius 2 is 1.93 bits per heavy atom. The normalized spacial score (nSPS) is 38.5. The Hall–Kier alpha value is -0.130. The SMILES string of the molecule is CCCC1C[C@H](C(=O)NC(C(C)O)C2O[C@H](SC)C(O)[C@H](O)[C@H]2O)N(C)C1.Cl. The van der Waals surface area contributed by atoms with Gasteiger partial charge < -0.3 is 30.5 Å². The Kier molecular flexibility index (Phi) is 10.5. The molecule has 0 radical (unpaired) electrons. The highest BCUT2D eigenvalue weighted by atomic mass is 35.5. The summed E-state index contributed by atoms with van der Waals surface area (Å²) in [6, 6.07) is -1.20. The number of hydrogen-bond donors (Lipinski definition) is 5. The molecule has 5 unspecified atom stereocenters. The molecular weight excluding hydrogens is 408 g/mol. The molecule has 0 spiro atoms. The van der Waals surface area contributed by atoms with Gasteiger partial charge >= 0.3 is 0 Å². The van der Waals surface area contributed by atoms with Gasteiger partial charge in [0.05, 0.1) is 18.2 Å². The largest absolute Gasteiger partial charge is 0.391 e. The van der Waals surface area contributed by atoms with E-state index in [1.165, 1.54) is 18.7 Å². The summed E-state index contributed by atoms with van der Waals surface area (Å²) < 4.78 is 5.72. The molecule has 2 heterocycles. The van der Waals surface area contributed by atoms with Gasteiger partial charge in [-0.1, -0.05) is 13.3 Å². The van der Waals surface area contributed by atoms with E-state index in [1.54, 1.807) is 6.26 Å². The van der Waals surface area contributed by atoms with Crippen molar-refractivity contribution in [2.24, 2.45) is 5.92 Å². The molecule has 1 amide bonds. The van der Waals surface area contributed by atoms with Crippen LogP contribution in [0.2, 0.25) is 0 Å². The van der Waals surface area contributed by atoms with E-state index in [9.17, 15) is 25.2 Å². The molecule has 0 bridgehead atoms. The third-order valence-electron chi connectivity index (χ3n) is 5.66. The lowest BCUT2D eigenvalue weighted by atomic mass is 9.92. The van der Waals surface area contributed by atoms with Crippen LogP contribution in [-0.2, 0) is 9.53 Å². The quantitative estimate of drug-likeness (QED) is 0.360. The fraction of sp³-hybridized carbons (Fsp3) is 0.944. The van der Waals surface area contributed by atoms with E-state index in [-0.39, 0.29) is 24.4 Å². The molecule has 0 aromatic heterocycles. The van der Waals surface area contributed by atoms with Crippen LogP contribution in [0.25, 0.3) is 0 Å². The second kappa shape index (κ2) is 11.3. The third-order valence-corrected chi connectivity index (χ3v) is 6.51. The molecule has 0 aromatic carbocycles. The minimum Gasteiger partial charge on any atom is -0.391 e. The number of hydrogen-bond acceptors (Lipinski definition) is 8. The molecule has 2 aliphatic rings. The third kappa shape index (κ3) is 5.72. The van der Waals surface area contributed by atoms with E-state index >= 15 is 0 Å². The Bertz CT molecular complexity index is 501. The highest BCUT2D eigenvalue weighted by Gasteiger charge is 2.48. The summed E-state index contributed by atoms with van der Waals surface area (Å²) in [5.74, 6) is 0.245. The second-order valence-electron chi connectivity index (χ2n) is 7.80. The zero-order chi connectivity index (χ0) is 20.3. The van der Waals surface area contributed by atoms with Crippen molar-refractivity contribution in [2.45, 2.75) is 81.1 Å². The molecule has 2 rings (SSSR count). The first-order valence-electron chi connectivity index (χ1n) is 9.62. The van der Waals surface area contributed by atoms with Crippen molar-refractivity contribution in [3.8, 4) is 0 Å².